The van der Waals surface area contributed by atoms with Crippen LogP contribution in [0, 0.1) is 0 Å². The van der Waals surface area contributed by atoms with Crippen molar-refractivity contribution in [1.29, 1.82) is 0 Å². The number of nitrogens with zero attached hydrogens (tertiary/aromatic N) is 3. The third-order valence-corrected chi connectivity index (χ3v) is 2.74. The van der Waals surface area contributed by atoms with Crippen LogP contribution in [0.15, 0.2) is 41.5 Å². The number of para-hydroxylation sites is 1. The Balaban J connectivity index is 2.30. The Hall–Kier alpha value is -2.43. The lowest BCUT2D eigenvalue weighted by Crippen LogP contribution is -2.41. The summed E-state index contributed by atoms with van der Waals surface area (Å²) in [7, 11) is 0. The molecular formula is C15H17N3O2. The zero-order valence-electron chi connectivity index (χ0n) is 11.7. The quantitative estimate of drug-likeness (QED) is 0.673. The van der Waals surface area contributed by atoms with Crippen molar-refractivity contribution in [2.24, 2.45) is 5.10 Å². The number of benzene rings is 1. The van der Waals surface area contributed by atoms with Gasteiger partial charge in [0.1, 0.15) is 0 Å². The fraction of sp³-hybridized carbons (Fsp3) is 0.267. The van der Waals surface area contributed by atoms with E-state index in [1.165, 1.54) is 6.21 Å². The first kappa shape index (κ1) is 14.0. The third-order valence-electron chi connectivity index (χ3n) is 2.74. The minimum absolute atomic E-state index is 0.598. The van der Waals surface area contributed by atoms with Gasteiger partial charge < -0.3 is 5.11 Å². The van der Waals surface area contributed by atoms with E-state index in [0.29, 0.717) is 5.69 Å². The van der Waals surface area contributed by atoms with E-state index in [1.54, 1.807) is 20.8 Å². The van der Waals surface area contributed by atoms with Crippen molar-refractivity contribution in [2.75, 3.05) is 0 Å². The van der Waals surface area contributed by atoms with Gasteiger partial charge in [-0.3, -0.25) is 0 Å². The molecule has 0 spiro atoms. The van der Waals surface area contributed by atoms with Crippen molar-refractivity contribution in [1.82, 2.24) is 9.99 Å². The van der Waals surface area contributed by atoms with Crippen LogP contribution in [0.1, 0.15) is 26.5 Å². The molecule has 104 valence electrons. The number of hydrazone groups is 1. The summed E-state index contributed by atoms with van der Waals surface area (Å²) in [6, 6.07) is 11.5. The fourth-order valence-corrected chi connectivity index (χ4v) is 1.78. The van der Waals surface area contributed by atoms with Crippen LogP contribution >= 0.6 is 0 Å². The summed E-state index contributed by atoms with van der Waals surface area (Å²) >= 11 is 0. The molecule has 0 unspecified atom stereocenters. The summed E-state index contributed by atoms with van der Waals surface area (Å²) in [5, 5.41) is 15.2. The summed E-state index contributed by atoms with van der Waals surface area (Å²) in [6.45, 7) is 5.35. The van der Waals surface area contributed by atoms with Crippen LogP contribution in [-0.2, 0) is 0 Å². The van der Waals surface area contributed by atoms with Crippen LogP contribution in [-0.4, -0.2) is 32.9 Å². The summed E-state index contributed by atoms with van der Waals surface area (Å²) in [5.74, 6) is 0. The Kier molecular flexibility index (Phi) is 3.70. The van der Waals surface area contributed by atoms with Gasteiger partial charge in [-0.25, -0.2) is 9.78 Å². The standard InChI is InChI=1S/C15H17N3O2/c1-15(2,3)18(14(19)20)16-10-12-9-8-11-6-4-5-7-13(11)17-12/h4-10H,1-3H3,(H,19,20). The van der Waals surface area contributed by atoms with Crippen LogP contribution in [0.25, 0.3) is 10.9 Å². The molecule has 5 heteroatoms. The molecule has 1 heterocycles. The highest BCUT2D eigenvalue weighted by Gasteiger charge is 2.25. The van der Waals surface area contributed by atoms with Gasteiger partial charge in [-0.1, -0.05) is 24.3 Å². The van der Waals surface area contributed by atoms with Gasteiger partial charge in [0, 0.05) is 5.39 Å². The number of amides is 1. The van der Waals surface area contributed by atoms with Crippen molar-refractivity contribution in [3.63, 3.8) is 0 Å². The highest BCUT2D eigenvalue weighted by Crippen LogP contribution is 2.14. The Morgan fingerprint density at radius 1 is 1.25 bits per heavy atom. The fourth-order valence-electron chi connectivity index (χ4n) is 1.78. The molecule has 0 atom stereocenters. The highest BCUT2D eigenvalue weighted by atomic mass is 16.4. The molecule has 0 aliphatic carbocycles. The van der Waals surface area contributed by atoms with Crippen molar-refractivity contribution >= 4 is 23.2 Å². The molecule has 1 aromatic carbocycles. The molecule has 0 bridgehead atoms. The van der Waals surface area contributed by atoms with Crippen LogP contribution in [0.2, 0.25) is 0 Å². The smallest absolute Gasteiger partial charge is 0.428 e. The molecule has 0 saturated carbocycles. The Morgan fingerprint density at radius 2 is 1.95 bits per heavy atom. The molecule has 0 fully saturated rings. The lowest BCUT2D eigenvalue weighted by molar-refractivity contribution is 0.103. The lowest BCUT2D eigenvalue weighted by Gasteiger charge is -2.27. The zero-order valence-corrected chi connectivity index (χ0v) is 11.7. The van der Waals surface area contributed by atoms with Crippen LogP contribution in [0.3, 0.4) is 0 Å². The maximum absolute atomic E-state index is 11.2. The summed E-state index contributed by atoms with van der Waals surface area (Å²) in [5.41, 5.74) is 0.882. The molecule has 0 radical (unpaired) electrons. The number of pyridine rings is 1. The van der Waals surface area contributed by atoms with E-state index >= 15 is 0 Å². The van der Waals surface area contributed by atoms with E-state index in [0.717, 1.165) is 15.9 Å². The first-order chi connectivity index (χ1) is 9.38. The van der Waals surface area contributed by atoms with Crippen molar-refractivity contribution in [3.8, 4) is 0 Å². The second-order valence-electron chi connectivity index (χ2n) is 5.44. The number of hydrogen-bond donors (Lipinski definition) is 1. The minimum atomic E-state index is -1.09. The monoisotopic (exact) mass is 271 g/mol. The minimum Gasteiger partial charge on any atom is -0.464 e. The molecule has 0 aliphatic rings. The van der Waals surface area contributed by atoms with Crippen molar-refractivity contribution in [3.05, 3.63) is 42.1 Å². The molecular weight excluding hydrogens is 254 g/mol. The van der Waals surface area contributed by atoms with E-state index in [9.17, 15) is 4.79 Å². The van der Waals surface area contributed by atoms with Gasteiger partial charge in [-0.2, -0.15) is 10.1 Å². The van der Waals surface area contributed by atoms with Crippen LogP contribution in [0.5, 0.6) is 0 Å². The number of carbonyl (C=O) groups is 1. The summed E-state index contributed by atoms with van der Waals surface area (Å²) < 4.78 is 0. The number of aromatic nitrogens is 1. The average Bonchev–Trinajstić information content (AvgIpc) is 2.36. The molecule has 1 amide bonds. The van der Waals surface area contributed by atoms with Gasteiger partial charge in [0.2, 0.25) is 0 Å². The first-order valence-electron chi connectivity index (χ1n) is 6.31. The lowest BCUT2D eigenvalue weighted by atomic mass is 10.1. The number of carboxylic acid groups (broad SMARTS) is 1. The van der Waals surface area contributed by atoms with Crippen LogP contribution < -0.4 is 0 Å². The van der Waals surface area contributed by atoms with E-state index in [-0.39, 0.29) is 0 Å². The largest absolute Gasteiger partial charge is 0.464 e. The number of fused-ring (bicyclic) bond motifs is 1. The van der Waals surface area contributed by atoms with E-state index < -0.39 is 11.6 Å². The Bertz CT molecular complexity index is 659. The molecule has 0 saturated heterocycles. The van der Waals surface area contributed by atoms with Crippen molar-refractivity contribution < 1.29 is 9.90 Å². The normalized spacial score (nSPS) is 11.9. The van der Waals surface area contributed by atoms with Gasteiger partial charge in [0.25, 0.3) is 0 Å². The second kappa shape index (κ2) is 5.28. The number of rotatable bonds is 2. The predicted molar refractivity (Wildman–Crippen MR) is 79.0 cm³/mol. The molecule has 2 rings (SSSR count). The van der Waals surface area contributed by atoms with Gasteiger partial charge in [-0.15, -0.1) is 0 Å². The summed E-state index contributed by atoms with van der Waals surface area (Å²) in [6.07, 6.45) is 0.376. The Morgan fingerprint density at radius 3 is 2.60 bits per heavy atom. The average molecular weight is 271 g/mol. The second-order valence-corrected chi connectivity index (χ2v) is 5.44. The molecule has 2 aromatic rings. The maximum atomic E-state index is 11.2. The van der Waals surface area contributed by atoms with Gasteiger partial charge >= 0.3 is 6.09 Å². The van der Waals surface area contributed by atoms with Gasteiger partial charge in [0.05, 0.1) is 23.0 Å². The molecule has 20 heavy (non-hydrogen) atoms. The van der Waals surface area contributed by atoms with E-state index in [2.05, 4.69) is 10.1 Å². The first-order valence-corrected chi connectivity index (χ1v) is 6.31. The molecule has 5 nitrogen and oxygen atoms in total. The highest BCUT2D eigenvalue weighted by molar-refractivity contribution is 5.85. The number of hydrogen-bond acceptors (Lipinski definition) is 3. The zero-order chi connectivity index (χ0) is 14.8. The van der Waals surface area contributed by atoms with Crippen molar-refractivity contribution in [2.45, 2.75) is 26.3 Å². The van der Waals surface area contributed by atoms with Gasteiger partial charge in [0.15, 0.2) is 0 Å². The van der Waals surface area contributed by atoms with E-state index in [4.69, 9.17) is 5.11 Å². The Labute approximate surface area is 117 Å². The topological polar surface area (TPSA) is 65.8 Å². The predicted octanol–water partition coefficient (Wildman–Crippen LogP) is 3.35. The van der Waals surface area contributed by atoms with Crippen LogP contribution in [0.4, 0.5) is 4.79 Å². The molecule has 1 N–H and O–H groups in total. The maximum Gasteiger partial charge on any atom is 0.428 e. The molecule has 0 aliphatic heterocycles. The molecule has 1 aromatic heterocycles. The summed E-state index contributed by atoms with van der Waals surface area (Å²) in [4.78, 5) is 15.6. The van der Waals surface area contributed by atoms with E-state index in [1.807, 2.05) is 36.4 Å². The third kappa shape index (κ3) is 3.12. The van der Waals surface area contributed by atoms with Gasteiger partial charge in [-0.05, 0) is 32.9 Å². The SMILES string of the molecule is CC(C)(C)N(N=Cc1ccc2ccccc2n1)C(=O)O.